The number of benzene rings is 3. The first kappa shape index (κ1) is 30.5. The van der Waals surface area contributed by atoms with E-state index in [1.54, 1.807) is 29.3 Å². The van der Waals surface area contributed by atoms with Crippen molar-refractivity contribution in [3.05, 3.63) is 131 Å². The third kappa shape index (κ3) is 5.79. The molecule has 0 saturated heterocycles. The van der Waals surface area contributed by atoms with Crippen LogP contribution >= 0.6 is 46.3 Å². The lowest BCUT2D eigenvalue weighted by Gasteiger charge is -2.25. The highest BCUT2D eigenvalue weighted by molar-refractivity contribution is 7.98. The first-order valence-corrected chi connectivity index (χ1v) is 16.8. The molecule has 3 heterocycles. The maximum absolute atomic E-state index is 14.2. The number of ether oxygens (including phenoxy) is 1. The second-order valence-corrected chi connectivity index (χ2v) is 13.5. The standard InChI is InChI=1S/C34H29Cl2N3O3S2/c1-19(2)42-33(41)30-20(3)37-34-39(31(30)21-10-13-25(43-4)14-11-21)32(40)29(44-34)15-23-18-38(28-8-6-5-7-26(23)28)17-22-9-12-24(35)16-27(22)36/h5-16,18-19,31H,17H2,1-4H3/b29-15-/t31-/m1/s1. The van der Waals surface area contributed by atoms with Crippen LogP contribution in [0.3, 0.4) is 0 Å². The van der Waals surface area contributed by atoms with Crippen LogP contribution in [-0.2, 0) is 16.1 Å². The monoisotopic (exact) mass is 661 g/mol. The minimum absolute atomic E-state index is 0.215. The smallest absolute Gasteiger partial charge is 0.338 e. The number of rotatable bonds is 7. The highest BCUT2D eigenvalue weighted by Gasteiger charge is 2.33. The zero-order valence-electron chi connectivity index (χ0n) is 24.5. The number of esters is 1. The van der Waals surface area contributed by atoms with Gasteiger partial charge in [-0.3, -0.25) is 9.36 Å². The normalized spacial score (nSPS) is 15.2. The number of thiazole rings is 1. The molecular formula is C34H29Cl2N3O3S2. The lowest BCUT2D eigenvalue weighted by molar-refractivity contribution is -0.143. The number of hydrogen-bond donors (Lipinski definition) is 0. The molecule has 6 nitrogen and oxygen atoms in total. The topological polar surface area (TPSA) is 65.6 Å². The summed E-state index contributed by atoms with van der Waals surface area (Å²) in [6, 6.07) is 20.8. The first-order valence-electron chi connectivity index (χ1n) is 14.0. The second kappa shape index (κ2) is 12.4. The molecule has 0 spiro atoms. The summed E-state index contributed by atoms with van der Waals surface area (Å²) >= 11 is 15.6. The summed E-state index contributed by atoms with van der Waals surface area (Å²) in [5, 5.41) is 2.18. The molecule has 10 heteroatoms. The molecule has 1 atom stereocenters. The average molecular weight is 663 g/mol. The number of hydrogen-bond acceptors (Lipinski definition) is 6. The minimum atomic E-state index is -0.663. The molecule has 224 valence electrons. The zero-order valence-corrected chi connectivity index (χ0v) is 27.7. The summed E-state index contributed by atoms with van der Waals surface area (Å²) in [6.45, 7) is 5.95. The van der Waals surface area contributed by atoms with Crippen LogP contribution in [0.2, 0.25) is 10.0 Å². The Hall–Kier alpha value is -3.56. The van der Waals surface area contributed by atoms with Crippen LogP contribution < -0.4 is 14.9 Å². The third-order valence-corrected chi connectivity index (χ3v) is 9.79. The maximum Gasteiger partial charge on any atom is 0.338 e. The number of para-hydroxylation sites is 1. The molecule has 44 heavy (non-hydrogen) atoms. The van der Waals surface area contributed by atoms with Crippen LogP contribution in [0, 0.1) is 0 Å². The van der Waals surface area contributed by atoms with Gasteiger partial charge in [-0.1, -0.05) is 70.9 Å². The molecule has 0 aliphatic carbocycles. The van der Waals surface area contributed by atoms with Crippen LogP contribution in [0.4, 0.5) is 0 Å². The molecule has 0 N–H and O–H groups in total. The summed E-state index contributed by atoms with van der Waals surface area (Å²) in [7, 11) is 0. The van der Waals surface area contributed by atoms with Gasteiger partial charge in [-0.05, 0) is 74.6 Å². The summed E-state index contributed by atoms with van der Waals surface area (Å²) in [4.78, 5) is 34.0. The van der Waals surface area contributed by atoms with E-state index in [2.05, 4.69) is 4.57 Å². The molecule has 0 bridgehead atoms. The quantitative estimate of drug-likeness (QED) is 0.136. The van der Waals surface area contributed by atoms with Crippen molar-refractivity contribution in [1.29, 1.82) is 0 Å². The predicted molar refractivity (Wildman–Crippen MR) is 181 cm³/mol. The van der Waals surface area contributed by atoms with Gasteiger partial charge in [0.25, 0.3) is 5.56 Å². The van der Waals surface area contributed by atoms with Crippen molar-refractivity contribution in [3.63, 3.8) is 0 Å². The number of nitrogens with zero attached hydrogens (tertiary/aromatic N) is 3. The molecule has 3 aromatic carbocycles. The van der Waals surface area contributed by atoms with Crippen molar-refractivity contribution in [3.8, 4) is 0 Å². The van der Waals surface area contributed by atoms with E-state index in [1.165, 1.54) is 11.3 Å². The lowest BCUT2D eigenvalue weighted by atomic mass is 9.96. The number of thioether (sulfide) groups is 1. The molecule has 1 aliphatic rings. The van der Waals surface area contributed by atoms with Crippen molar-refractivity contribution in [2.75, 3.05) is 6.26 Å². The molecule has 6 rings (SSSR count). The van der Waals surface area contributed by atoms with Gasteiger partial charge < -0.3 is 9.30 Å². The van der Waals surface area contributed by atoms with E-state index in [4.69, 9.17) is 32.9 Å². The number of fused-ring (bicyclic) bond motifs is 2. The summed E-state index contributed by atoms with van der Waals surface area (Å²) < 4.78 is 9.89. The van der Waals surface area contributed by atoms with Gasteiger partial charge in [0.15, 0.2) is 4.80 Å². The number of carbonyl (C=O) groups is 1. The van der Waals surface area contributed by atoms with E-state index in [1.807, 2.05) is 93.0 Å². The van der Waals surface area contributed by atoms with E-state index in [9.17, 15) is 9.59 Å². The molecule has 0 fully saturated rings. The van der Waals surface area contributed by atoms with Crippen molar-refractivity contribution in [2.24, 2.45) is 4.99 Å². The highest BCUT2D eigenvalue weighted by Crippen LogP contribution is 2.32. The fraction of sp³-hybridized carbons (Fsp3) is 0.206. The fourth-order valence-electron chi connectivity index (χ4n) is 5.46. The largest absolute Gasteiger partial charge is 0.459 e. The molecular weight excluding hydrogens is 633 g/mol. The number of allylic oxidation sites excluding steroid dienone is 1. The number of carbonyl (C=O) groups excluding carboxylic acids is 1. The van der Waals surface area contributed by atoms with Crippen molar-refractivity contribution < 1.29 is 9.53 Å². The van der Waals surface area contributed by atoms with Crippen molar-refractivity contribution >= 4 is 69.2 Å². The van der Waals surface area contributed by atoms with Gasteiger partial charge in [-0.15, -0.1) is 11.8 Å². The minimum Gasteiger partial charge on any atom is -0.459 e. The Morgan fingerprint density at radius 3 is 2.57 bits per heavy atom. The molecule has 1 aliphatic heterocycles. The Bertz CT molecular complexity index is 2130. The van der Waals surface area contributed by atoms with E-state index >= 15 is 0 Å². The van der Waals surface area contributed by atoms with E-state index in [0.29, 0.717) is 37.2 Å². The van der Waals surface area contributed by atoms with Crippen LogP contribution in [0.1, 0.15) is 43.5 Å². The molecule has 0 unspecified atom stereocenters. The Morgan fingerprint density at radius 1 is 1.11 bits per heavy atom. The molecule has 5 aromatic rings. The molecule has 0 radical (unpaired) electrons. The summed E-state index contributed by atoms with van der Waals surface area (Å²) in [6.07, 6.45) is 5.63. The number of halogens is 2. The van der Waals surface area contributed by atoms with Crippen LogP contribution in [0.15, 0.2) is 98.9 Å². The molecule has 2 aromatic heterocycles. The lowest BCUT2D eigenvalue weighted by Crippen LogP contribution is -2.40. The molecule has 0 saturated carbocycles. The summed E-state index contributed by atoms with van der Waals surface area (Å²) in [5.41, 5.74) is 4.35. The summed E-state index contributed by atoms with van der Waals surface area (Å²) in [5.74, 6) is -0.474. The van der Waals surface area contributed by atoms with Gasteiger partial charge >= 0.3 is 5.97 Å². The van der Waals surface area contributed by atoms with Gasteiger partial charge in [0.2, 0.25) is 0 Å². The van der Waals surface area contributed by atoms with Gasteiger partial charge in [-0.2, -0.15) is 0 Å². The van der Waals surface area contributed by atoms with Gasteiger partial charge in [-0.25, -0.2) is 9.79 Å². The van der Waals surface area contributed by atoms with Crippen molar-refractivity contribution in [2.45, 2.75) is 44.4 Å². The Labute approximate surface area is 272 Å². The first-order chi connectivity index (χ1) is 21.1. The van der Waals surface area contributed by atoms with Gasteiger partial charge in [0.1, 0.15) is 0 Å². The Morgan fingerprint density at radius 2 is 1.86 bits per heavy atom. The zero-order chi connectivity index (χ0) is 31.1. The average Bonchev–Trinajstić information content (AvgIpc) is 3.49. The van der Waals surface area contributed by atoms with Crippen LogP contribution in [0.5, 0.6) is 0 Å². The van der Waals surface area contributed by atoms with Crippen molar-refractivity contribution in [1.82, 2.24) is 9.13 Å². The van der Waals surface area contributed by atoms with Crippen LogP contribution in [0.25, 0.3) is 17.0 Å². The maximum atomic E-state index is 14.2. The molecule has 0 amide bonds. The SMILES string of the molecule is CSc1ccc([C@@H]2C(C(=O)OC(C)C)=C(C)N=c3s/c(=C\c4cn(Cc5ccc(Cl)cc5Cl)c5ccccc45)c(=O)n32)cc1. The van der Waals surface area contributed by atoms with Gasteiger partial charge in [0, 0.05) is 44.1 Å². The predicted octanol–water partition coefficient (Wildman–Crippen LogP) is 7.22. The fourth-order valence-corrected chi connectivity index (χ4v) is 7.37. The second-order valence-electron chi connectivity index (χ2n) is 10.8. The Balaban J connectivity index is 1.50. The van der Waals surface area contributed by atoms with E-state index in [-0.39, 0.29) is 11.7 Å². The third-order valence-electron chi connectivity index (χ3n) is 7.48. The number of aromatic nitrogens is 2. The highest BCUT2D eigenvalue weighted by atomic mass is 35.5. The van der Waals surface area contributed by atoms with E-state index < -0.39 is 12.0 Å². The van der Waals surface area contributed by atoms with Gasteiger partial charge in [0.05, 0.1) is 27.9 Å². The van der Waals surface area contributed by atoms with E-state index in [0.717, 1.165) is 32.5 Å². The Kier molecular flexibility index (Phi) is 8.61. The van der Waals surface area contributed by atoms with Crippen LogP contribution in [-0.4, -0.2) is 27.5 Å².